The quantitative estimate of drug-likeness (QED) is 0.737. The van der Waals surface area contributed by atoms with Crippen LogP contribution in [0.15, 0.2) is 43.0 Å². The number of hydrogen-bond donors (Lipinski definition) is 0. The summed E-state index contributed by atoms with van der Waals surface area (Å²) in [5.74, 6) is 1.50. The second kappa shape index (κ2) is 8.50. The first-order valence-electron chi connectivity index (χ1n) is 9.18. The van der Waals surface area contributed by atoms with Crippen molar-refractivity contribution in [2.45, 2.75) is 39.3 Å². The summed E-state index contributed by atoms with van der Waals surface area (Å²) in [4.78, 5) is 6.53. The second-order valence-electron chi connectivity index (χ2n) is 7.26. The highest BCUT2D eigenvalue weighted by atomic mass is 16.5. The van der Waals surface area contributed by atoms with E-state index in [1.165, 1.54) is 0 Å². The summed E-state index contributed by atoms with van der Waals surface area (Å²) in [5.41, 5.74) is 1.09. The monoisotopic (exact) mass is 343 g/mol. The second-order valence-corrected chi connectivity index (χ2v) is 7.26. The highest BCUT2D eigenvalue weighted by Gasteiger charge is 2.27. The van der Waals surface area contributed by atoms with E-state index in [0.717, 1.165) is 37.6 Å². The van der Waals surface area contributed by atoms with Crippen molar-refractivity contribution in [1.82, 2.24) is 14.5 Å². The molecule has 0 saturated carbocycles. The zero-order chi connectivity index (χ0) is 17.6. The van der Waals surface area contributed by atoms with Crippen LogP contribution in [0.25, 0.3) is 5.69 Å². The lowest BCUT2D eigenvalue weighted by Crippen LogP contribution is -2.36. The molecular formula is C20H29N3O2. The topological polar surface area (TPSA) is 39.5 Å². The van der Waals surface area contributed by atoms with Crippen LogP contribution < -0.4 is 4.74 Å². The van der Waals surface area contributed by atoms with E-state index in [2.05, 4.69) is 30.7 Å². The molecule has 0 bridgehead atoms. The maximum Gasteiger partial charge on any atom is 0.119 e. The van der Waals surface area contributed by atoms with Crippen LogP contribution in [0.5, 0.6) is 5.75 Å². The van der Waals surface area contributed by atoms with Crippen LogP contribution >= 0.6 is 0 Å². The van der Waals surface area contributed by atoms with E-state index in [1.807, 2.05) is 35.0 Å². The van der Waals surface area contributed by atoms with Crippen molar-refractivity contribution in [3.05, 3.63) is 43.0 Å². The highest BCUT2D eigenvalue weighted by molar-refractivity contribution is 5.37. The van der Waals surface area contributed by atoms with E-state index in [0.29, 0.717) is 24.7 Å². The fourth-order valence-corrected chi connectivity index (χ4v) is 3.07. The van der Waals surface area contributed by atoms with E-state index in [-0.39, 0.29) is 0 Å². The minimum Gasteiger partial charge on any atom is -0.492 e. The maximum atomic E-state index is 5.98. The smallest absolute Gasteiger partial charge is 0.119 e. The molecule has 1 aromatic carbocycles. The van der Waals surface area contributed by atoms with E-state index in [9.17, 15) is 0 Å². The molecule has 3 rings (SSSR count). The number of aromatic nitrogens is 2. The van der Waals surface area contributed by atoms with Crippen molar-refractivity contribution in [2.75, 3.05) is 26.3 Å². The van der Waals surface area contributed by atoms with Crippen molar-refractivity contribution < 1.29 is 9.47 Å². The molecule has 5 nitrogen and oxygen atoms in total. The first-order chi connectivity index (χ1) is 12.1. The molecule has 25 heavy (non-hydrogen) atoms. The van der Waals surface area contributed by atoms with Gasteiger partial charge in [0, 0.05) is 43.8 Å². The molecule has 0 amide bonds. The summed E-state index contributed by atoms with van der Waals surface area (Å²) >= 11 is 0. The van der Waals surface area contributed by atoms with Gasteiger partial charge in [-0.3, -0.25) is 4.90 Å². The number of hydrogen-bond acceptors (Lipinski definition) is 4. The Kier molecular flexibility index (Phi) is 6.10. The third kappa shape index (κ3) is 5.06. The number of rotatable bonds is 8. The standard InChI is InChI=1S/C20H29N3O2/c1-16(2)13-24-20-8-10-22(12-20)17(3)14-25-19-6-4-18(5-7-19)23-11-9-21-15-23/h4-7,9,11,15-17,20H,8,10,12-14H2,1-3H3. The van der Waals surface area contributed by atoms with Crippen LogP contribution in [-0.4, -0.2) is 52.9 Å². The molecule has 1 aliphatic rings. The Balaban J connectivity index is 1.44. The molecule has 2 unspecified atom stereocenters. The van der Waals surface area contributed by atoms with Gasteiger partial charge in [0.15, 0.2) is 0 Å². The van der Waals surface area contributed by atoms with E-state index >= 15 is 0 Å². The van der Waals surface area contributed by atoms with Gasteiger partial charge in [-0.15, -0.1) is 0 Å². The predicted molar refractivity (Wildman–Crippen MR) is 99.3 cm³/mol. The minimum absolute atomic E-state index is 0.374. The fourth-order valence-electron chi connectivity index (χ4n) is 3.07. The highest BCUT2D eigenvalue weighted by Crippen LogP contribution is 2.19. The van der Waals surface area contributed by atoms with E-state index < -0.39 is 0 Å². The fraction of sp³-hybridized carbons (Fsp3) is 0.550. The Bertz CT molecular complexity index is 625. The van der Waals surface area contributed by atoms with Crippen molar-refractivity contribution in [2.24, 2.45) is 5.92 Å². The van der Waals surface area contributed by atoms with Gasteiger partial charge in [-0.25, -0.2) is 4.98 Å². The summed E-state index contributed by atoms with van der Waals surface area (Å²) < 4.78 is 13.9. The number of imidazole rings is 1. The van der Waals surface area contributed by atoms with Crippen LogP contribution in [0.4, 0.5) is 0 Å². The van der Waals surface area contributed by atoms with Gasteiger partial charge in [0.05, 0.1) is 12.4 Å². The minimum atomic E-state index is 0.374. The van der Waals surface area contributed by atoms with Gasteiger partial charge in [0.25, 0.3) is 0 Å². The molecule has 2 atom stereocenters. The lowest BCUT2D eigenvalue weighted by atomic mass is 10.2. The summed E-state index contributed by atoms with van der Waals surface area (Å²) in [6, 6.07) is 8.52. The normalized spacial score (nSPS) is 19.4. The van der Waals surface area contributed by atoms with Crippen LogP contribution in [0.2, 0.25) is 0 Å². The molecular weight excluding hydrogens is 314 g/mol. The van der Waals surface area contributed by atoms with Gasteiger partial charge in [-0.05, 0) is 43.5 Å². The first kappa shape index (κ1) is 18.0. The molecule has 2 heterocycles. The van der Waals surface area contributed by atoms with Crippen LogP contribution in [0, 0.1) is 5.92 Å². The molecule has 0 radical (unpaired) electrons. The largest absolute Gasteiger partial charge is 0.492 e. The Morgan fingerprint density at radius 1 is 1.16 bits per heavy atom. The average Bonchev–Trinajstić information content (AvgIpc) is 3.30. The zero-order valence-electron chi connectivity index (χ0n) is 15.5. The van der Waals surface area contributed by atoms with Gasteiger partial charge < -0.3 is 14.0 Å². The molecule has 1 aliphatic heterocycles. The number of ether oxygens (including phenoxy) is 2. The Hall–Kier alpha value is -1.85. The van der Waals surface area contributed by atoms with Gasteiger partial charge in [0.1, 0.15) is 12.4 Å². The zero-order valence-corrected chi connectivity index (χ0v) is 15.5. The predicted octanol–water partition coefficient (Wildman–Crippen LogP) is 3.39. The van der Waals surface area contributed by atoms with Gasteiger partial charge in [-0.1, -0.05) is 13.8 Å². The number of benzene rings is 1. The van der Waals surface area contributed by atoms with Crippen LogP contribution in [0.1, 0.15) is 27.2 Å². The summed E-state index contributed by atoms with van der Waals surface area (Å²) in [6.45, 7) is 10.3. The van der Waals surface area contributed by atoms with E-state index in [4.69, 9.17) is 9.47 Å². The molecule has 0 aliphatic carbocycles. The third-order valence-electron chi connectivity index (χ3n) is 4.60. The van der Waals surface area contributed by atoms with Crippen molar-refractivity contribution >= 4 is 0 Å². The Morgan fingerprint density at radius 2 is 1.96 bits per heavy atom. The number of likely N-dealkylation sites (tertiary alicyclic amines) is 1. The average molecular weight is 343 g/mol. The molecule has 0 spiro atoms. The lowest BCUT2D eigenvalue weighted by Gasteiger charge is -2.24. The first-order valence-corrected chi connectivity index (χ1v) is 9.18. The maximum absolute atomic E-state index is 5.98. The molecule has 1 aromatic heterocycles. The van der Waals surface area contributed by atoms with Crippen LogP contribution in [-0.2, 0) is 4.74 Å². The third-order valence-corrected chi connectivity index (χ3v) is 4.60. The van der Waals surface area contributed by atoms with Crippen molar-refractivity contribution in [3.63, 3.8) is 0 Å². The summed E-state index contributed by atoms with van der Waals surface area (Å²) in [6.07, 6.45) is 7.00. The van der Waals surface area contributed by atoms with Gasteiger partial charge in [0.2, 0.25) is 0 Å². The SMILES string of the molecule is CC(C)COC1CCN(C(C)COc2ccc(-n3ccnc3)cc2)C1. The van der Waals surface area contributed by atoms with Crippen LogP contribution in [0.3, 0.4) is 0 Å². The van der Waals surface area contributed by atoms with Gasteiger partial charge >= 0.3 is 0 Å². The molecule has 2 aromatic rings. The molecule has 1 saturated heterocycles. The number of nitrogens with zero attached hydrogens (tertiary/aromatic N) is 3. The molecule has 5 heteroatoms. The van der Waals surface area contributed by atoms with Crippen molar-refractivity contribution in [1.29, 1.82) is 0 Å². The van der Waals surface area contributed by atoms with Crippen molar-refractivity contribution in [3.8, 4) is 11.4 Å². The Labute approximate surface area is 150 Å². The lowest BCUT2D eigenvalue weighted by molar-refractivity contribution is 0.0370. The summed E-state index contributed by atoms with van der Waals surface area (Å²) in [7, 11) is 0. The van der Waals surface area contributed by atoms with E-state index in [1.54, 1.807) is 12.5 Å². The molecule has 1 fully saturated rings. The Morgan fingerprint density at radius 3 is 2.64 bits per heavy atom. The van der Waals surface area contributed by atoms with Gasteiger partial charge in [-0.2, -0.15) is 0 Å². The summed E-state index contributed by atoms with van der Waals surface area (Å²) in [5, 5.41) is 0. The molecule has 0 N–H and O–H groups in total. The molecule has 136 valence electrons.